The predicted molar refractivity (Wildman–Crippen MR) is 87.9 cm³/mol. The molecular formula is C19H17NO3. The summed E-state index contributed by atoms with van der Waals surface area (Å²) in [6.45, 7) is 3.59. The van der Waals surface area contributed by atoms with Crippen LogP contribution in [0.2, 0.25) is 0 Å². The Balaban J connectivity index is 1.80. The van der Waals surface area contributed by atoms with E-state index in [2.05, 4.69) is 17.3 Å². The van der Waals surface area contributed by atoms with Gasteiger partial charge in [-0.05, 0) is 25.0 Å². The van der Waals surface area contributed by atoms with Crippen LogP contribution in [0.3, 0.4) is 0 Å². The number of esters is 1. The van der Waals surface area contributed by atoms with Gasteiger partial charge in [-0.3, -0.25) is 0 Å². The molecule has 0 aliphatic carbocycles. The van der Waals surface area contributed by atoms with E-state index in [1.54, 1.807) is 19.9 Å². The van der Waals surface area contributed by atoms with Crippen LogP contribution in [-0.4, -0.2) is 17.2 Å². The van der Waals surface area contributed by atoms with E-state index in [0.29, 0.717) is 5.76 Å². The van der Waals surface area contributed by atoms with Crippen molar-refractivity contribution < 1.29 is 14.1 Å². The molecule has 0 bridgehead atoms. The molecule has 3 aromatic rings. The maximum Gasteiger partial charge on any atom is 0.360 e. The van der Waals surface area contributed by atoms with Gasteiger partial charge in [0.1, 0.15) is 0 Å². The van der Waals surface area contributed by atoms with E-state index < -0.39 is 5.97 Å². The SMILES string of the molecule is CC(C)OC(=O)c1cc(-c2ccc(-c3ccccc3)cc2)on1. The van der Waals surface area contributed by atoms with Crippen LogP contribution in [-0.2, 0) is 4.74 Å². The summed E-state index contributed by atoms with van der Waals surface area (Å²) >= 11 is 0. The molecule has 116 valence electrons. The van der Waals surface area contributed by atoms with Crippen molar-refractivity contribution in [2.45, 2.75) is 20.0 Å². The number of rotatable bonds is 4. The standard InChI is InChI=1S/C19H17NO3/c1-13(2)22-19(21)17-12-18(23-20-17)16-10-8-15(9-11-16)14-6-4-3-5-7-14/h3-13H,1-2H3. The van der Waals surface area contributed by atoms with Crippen LogP contribution in [0.4, 0.5) is 0 Å². The Kier molecular flexibility index (Phi) is 4.24. The molecule has 0 atom stereocenters. The number of ether oxygens (including phenoxy) is 1. The summed E-state index contributed by atoms with van der Waals surface area (Å²) in [5.41, 5.74) is 3.31. The van der Waals surface area contributed by atoms with Crippen LogP contribution in [0.5, 0.6) is 0 Å². The number of carbonyl (C=O) groups excluding carboxylic acids is 1. The van der Waals surface area contributed by atoms with Crippen molar-refractivity contribution in [2.75, 3.05) is 0 Å². The Morgan fingerprint density at radius 1 is 0.957 bits per heavy atom. The molecule has 23 heavy (non-hydrogen) atoms. The summed E-state index contributed by atoms with van der Waals surface area (Å²) in [7, 11) is 0. The number of aromatic nitrogens is 1. The lowest BCUT2D eigenvalue weighted by Crippen LogP contribution is -2.11. The van der Waals surface area contributed by atoms with E-state index in [9.17, 15) is 4.79 Å². The summed E-state index contributed by atoms with van der Waals surface area (Å²) in [5.74, 6) is 0.0659. The van der Waals surface area contributed by atoms with Gasteiger partial charge in [-0.25, -0.2) is 4.79 Å². The molecule has 0 radical (unpaired) electrons. The Labute approximate surface area is 134 Å². The van der Waals surface area contributed by atoms with E-state index in [4.69, 9.17) is 9.26 Å². The van der Waals surface area contributed by atoms with Gasteiger partial charge >= 0.3 is 5.97 Å². The highest BCUT2D eigenvalue weighted by atomic mass is 16.5. The van der Waals surface area contributed by atoms with Gasteiger partial charge < -0.3 is 9.26 Å². The monoisotopic (exact) mass is 307 g/mol. The minimum atomic E-state index is -0.476. The van der Waals surface area contributed by atoms with Crippen molar-refractivity contribution >= 4 is 5.97 Å². The first kappa shape index (κ1) is 15.0. The Morgan fingerprint density at radius 2 is 1.57 bits per heavy atom. The van der Waals surface area contributed by atoms with Gasteiger partial charge in [-0.2, -0.15) is 0 Å². The topological polar surface area (TPSA) is 52.3 Å². The Hall–Kier alpha value is -2.88. The molecule has 2 aromatic carbocycles. The van der Waals surface area contributed by atoms with E-state index in [0.717, 1.165) is 16.7 Å². The summed E-state index contributed by atoms with van der Waals surface area (Å²) in [4.78, 5) is 11.8. The second kappa shape index (κ2) is 6.48. The fraction of sp³-hybridized carbons (Fsp3) is 0.158. The minimum absolute atomic E-state index is 0.181. The zero-order valence-electron chi connectivity index (χ0n) is 13.0. The molecule has 0 fully saturated rings. The van der Waals surface area contributed by atoms with Crippen molar-refractivity contribution in [3.63, 3.8) is 0 Å². The average molecular weight is 307 g/mol. The molecule has 0 saturated heterocycles. The highest BCUT2D eigenvalue weighted by Gasteiger charge is 2.16. The van der Waals surface area contributed by atoms with E-state index in [-0.39, 0.29) is 11.8 Å². The lowest BCUT2D eigenvalue weighted by molar-refractivity contribution is 0.0366. The molecule has 4 heteroatoms. The number of hydrogen-bond donors (Lipinski definition) is 0. The van der Waals surface area contributed by atoms with Crippen molar-refractivity contribution in [3.8, 4) is 22.5 Å². The first-order valence-corrected chi connectivity index (χ1v) is 7.47. The van der Waals surface area contributed by atoms with Gasteiger partial charge in [0.25, 0.3) is 0 Å². The molecule has 4 nitrogen and oxygen atoms in total. The van der Waals surface area contributed by atoms with Crippen LogP contribution in [0.1, 0.15) is 24.3 Å². The lowest BCUT2D eigenvalue weighted by Gasteiger charge is -2.04. The second-order valence-electron chi connectivity index (χ2n) is 5.47. The van der Waals surface area contributed by atoms with Gasteiger partial charge in [0.05, 0.1) is 6.10 Å². The highest BCUT2D eigenvalue weighted by Crippen LogP contribution is 2.25. The highest BCUT2D eigenvalue weighted by molar-refractivity contribution is 5.88. The summed E-state index contributed by atoms with van der Waals surface area (Å²) in [6.07, 6.45) is -0.187. The quantitative estimate of drug-likeness (QED) is 0.662. The fourth-order valence-corrected chi connectivity index (χ4v) is 2.24. The van der Waals surface area contributed by atoms with Gasteiger partial charge in [0.2, 0.25) is 0 Å². The molecule has 0 saturated carbocycles. The molecule has 0 N–H and O–H groups in total. The Morgan fingerprint density at radius 3 is 2.22 bits per heavy atom. The summed E-state index contributed by atoms with van der Waals surface area (Å²) in [5, 5.41) is 3.78. The molecule has 0 aliphatic rings. The number of carbonyl (C=O) groups is 1. The predicted octanol–water partition coefficient (Wildman–Crippen LogP) is 4.57. The third-order valence-corrected chi connectivity index (χ3v) is 3.34. The van der Waals surface area contributed by atoms with E-state index in [1.165, 1.54) is 0 Å². The molecule has 0 spiro atoms. The molecule has 0 aliphatic heterocycles. The van der Waals surface area contributed by atoms with Crippen LogP contribution in [0.15, 0.2) is 65.2 Å². The third-order valence-electron chi connectivity index (χ3n) is 3.34. The first-order valence-electron chi connectivity index (χ1n) is 7.47. The number of nitrogens with zero attached hydrogens (tertiary/aromatic N) is 1. The summed E-state index contributed by atoms with van der Waals surface area (Å²) < 4.78 is 10.3. The third kappa shape index (κ3) is 3.48. The normalized spacial score (nSPS) is 10.7. The molecule has 0 amide bonds. The van der Waals surface area contributed by atoms with Crippen LogP contribution < -0.4 is 0 Å². The maximum atomic E-state index is 11.8. The van der Waals surface area contributed by atoms with Crippen molar-refractivity contribution in [2.24, 2.45) is 0 Å². The minimum Gasteiger partial charge on any atom is -0.458 e. The van der Waals surface area contributed by atoms with Crippen molar-refractivity contribution in [3.05, 3.63) is 66.4 Å². The van der Waals surface area contributed by atoms with Gasteiger partial charge in [-0.1, -0.05) is 59.8 Å². The molecule has 1 heterocycles. The fourth-order valence-electron chi connectivity index (χ4n) is 2.24. The molecule has 3 rings (SSSR count). The summed E-state index contributed by atoms with van der Waals surface area (Å²) in [6, 6.07) is 19.6. The van der Waals surface area contributed by atoms with Crippen molar-refractivity contribution in [1.29, 1.82) is 0 Å². The molecule has 1 aromatic heterocycles. The molecule has 0 unspecified atom stereocenters. The van der Waals surface area contributed by atoms with E-state index >= 15 is 0 Å². The second-order valence-corrected chi connectivity index (χ2v) is 5.47. The average Bonchev–Trinajstić information content (AvgIpc) is 3.05. The van der Waals surface area contributed by atoms with Crippen LogP contribution in [0.25, 0.3) is 22.5 Å². The lowest BCUT2D eigenvalue weighted by atomic mass is 10.0. The van der Waals surface area contributed by atoms with Gasteiger partial charge in [-0.15, -0.1) is 0 Å². The van der Waals surface area contributed by atoms with Gasteiger partial charge in [0.15, 0.2) is 11.5 Å². The molecular weight excluding hydrogens is 290 g/mol. The van der Waals surface area contributed by atoms with E-state index in [1.807, 2.05) is 42.5 Å². The zero-order chi connectivity index (χ0) is 16.2. The first-order chi connectivity index (χ1) is 11.1. The maximum absolute atomic E-state index is 11.8. The van der Waals surface area contributed by atoms with Gasteiger partial charge in [0, 0.05) is 11.6 Å². The van der Waals surface area contributed by atoms with Crippen LogP contribution >= 0.6 is 0 Å². The largest absolute Gasteiger partial charge is 0.458 e. The zero-order valence-corrected chi connectivity index (χ0v) is 13.0. The smallest absolute Gasteiger partial charge is 0.360 e. The van der Waals surface area contributed by atoms with Crippen molar-refractivity contribution in [1.82, 2.24) is 5.16 Å². The number of hydrogen-bond acceptors (Lipinski definition) is 4. The van der Waals surface area contributed by atoms with Crippen LogP contribution in [0, 0.1) is 0 Å². The number of benzene rings is 2. The Bertz CT molecular complexity index is 789.